The number of aromatic nitrogens is 3. The number of benzene rings is 3. The average Bonchev–Trinajstić information content (AvgIpc) is 3.35. The van der Waals surface area contributed by atoms with Crippen molar-refractivity contribution < 1.29 is 5.21 Å². The molecular weight excluding hydrogens is 438 g/mol. The van der Waals surface area contributed by atoms with Crippen LogP contribution in [0.25, 0.3) is 38.7 Å². The van der Waals surface area contributed by atoms with Gasteiger partial charge in [0.25, 0.3) is 0 Å². The van der Waals surface area contributed by atoms with E-state index in [9.17, 15) is 5.21 Å². The SMILES string of the molecule is NC(=NO)c1ccc(-c2cnn3cc(-c4ccc(N5CCNCC5)cc4)cnc23)c2ccccc12. The number of nitrogens with zero attached hydrogens (tertiary/aromatic N) is 5. The lowest BCUT2D eigenvalue weighted by Crippen LogP contribution is -2.43. The summed E-state index contributed by atoms with van der Waals surface area (Å²) in [5, 5.41) is 22.2. The average molecular weight is 464 g/mol. The second-order valence-electron chi connectivity index (χ2n) is 8.64. The number of hydrogen-bond acceptors (Lipinski definition) is 6. The number of nitrogens with two attached hydrogens (primary N) is 1. The summed E-state index contributed by atoms with van der Waals surface area (Å²) in [4.78, 5) is 7.18. The molecule has 174 valence electrons. The minimum Gasteiger partial charge on any atom is -0.409 e. The van der Waals surface area contributed by atoms with Gasteiger partial charge in [0.15, 0.2) is 11.5 Å². The largest absolute Gasteiger partial charge is 0.409 e. The molecule has 0 saturated carbocycles. The first-order valence-electron chi connectivity index (χ1n) is 11.6. The predicted molar refractivity (Wildman–Crippen MR) is 139 cm³/mol. The van der Waals surface area contributed by atoms with Gasteiger partial charge in [0, 0.05) is 61.0 Å². The predicted octanol–water partition coefficient (Wildman–Crippen LogP) is 3.72. The van der Waals surface area contributed by atoms with Crippen molar-refractivity contribution >= 4 is 27.9 Å². The van der Waals surface area contributed by atoms with Crippen LogP contribution in [0.15, 0.2) is 84.4 Å². The van der Waals surface area contributed by atoms with Crippen molar-refractivity contribution in [3.63, 3.8) is 0 Å². The third-order valence-electron chi connectivity index (χ3n) is 6.64. The monoisotopic (exact) mass is 463 g/mol. The molecule has 0 atom stereocenters. The Morgan fingerprint density at radius 3 is 2.43 bits per heavy atom. The van der Waals surface area contributed by atoms with E-state index < -0.39 is 0 Å². The van der Waals surface area contributed by atoms with E-state index in [1.165, 1.54) is 5.69 Å². The number of nitrogens with one attached hydrogen (secondary N) is 1. The summed E-state index contributed by atoms with van der Waals surface area (Å²) in [6.07, 6.45) is 5.75. The van der Waals surface area contributed by atoms with Gasteiger partial charge in [0.05, 0.1) is 6.20 Å². The van der Waals surface area contributed by atoms with E-state index in [4.69, 9.17) is 10.7 Å². The number of fused-ring (bicyclic) bond motifs is 2. The van der Waals surface area contributed by atoms with Gasteiger partial charge in [0.2, 0.25) is 0 Å². The normalized spacial score (nSPS) is 14.6. The van der Waals surface area contributed by atoms with Crippen LogP contribution in [-0.4, -0.2) is 51.8 Å². The second kappa shape index (κ2) is 8.73. The van der Waals surface area contributed by atoms with Crippen LogP contribution in [0.1, 0.15) is 5.56 Å². The lowest BCUT2D eigenvalue weighted by Gasteiger charge is -2.29. The first-order valence-corrected chi connectivity index (χ1v) is 11.6. The Morgan fingerprint density at radius 1 is 0.886 bits per heavy atom. The molecule has 0 spiro atoms. The molecule has 6 rings (SSSR count). The lowest BCUT2D eigenvalue weighted by atomic mass is 9.96. The fraction of sp³-hybridized carbons (Fsp3) is 0.148. The Balaban J connectivity index is 1.37. The molecule has 0 radical (unpaired) electrons. The van der Waals surface area contributed by atoms with Crippen molar-refractivity contribution in [1.82, 2.24) is 19.9 Å². The minimum atomic E-state index is 0.0818. The molecule has 1 saturated heterocycles. The van der Waals surface area contributed by atoms with Crippen LogP contribution < -0.4 is 16.0 Å². The van der Waals surface area contributed by atoms with Gasteiger partial charge in [-0.3, -0.25) is 0 Å². The Labute approximate surface area is 202 Å². The number of hydrogen-bond donors (Lipinski definition) is 3. The van der Waals surface area contributed by atoms with Crippen LogP contribution in [0.5, 0.6) is 0 Å². The molecule has 2 aromatic heterocycles. The summed E-state index contributed by atoms with van der Waals surface area (Å²) in [5.74, 6) is 0.0818. The molecule has 0 amide bonds. The number of oxime groups is 1. The molecule has 0 unspecified atom stereocenters. The Bertz CT molecular complexity index is 1550. The van der Waals surface area contributed by atoms with Crippen molar-refractivity contribution in [3.05, 3.63) is 84.8 Å². The van der Waals surface area contributed by atoms with Gasteiger partial charge in [-0.25, -0.2) is 9.50 Å². The zero-order valence-corrected chi connectivity index (χ0v) is 19.1. The zero-order chi connectivity index (χ0) is 23.8. The summed E-state index contributed by atoms with van der Waals surface area (Å²) >= 11 is 0. The Hall–Kier alpha value is -4.43. The van der Waals surface area contributed by atoms with Gasteiger partial charge >= 0.3 is 0 Å². The molecule has 4 N–H and O–H groups in total. The van der Waals surface area contributed by atoms with E-state index in [1.54, 1.807) is 0 Å². The molecular formula is C27H25N7O. The first-order chi connectivity index (χ1) is 17.2. The summed E-state index contributed by atoms with van der Waals surface area (Å²) in [7, 11) is 0. The van der Waals surface area contributed by atoms with Gasteiger partial charge < -0.3 is 21.2 Å². The first kappa shape index (κ1) is 21.1. The van der Waals surface area contributed by atoms with E-state index in [-0.39, 0.29) is 5.84 Å². The molecule has 1 fully saturated rings. The van der Waals surface area contributed by atoms with Crippen molar-refractivity contribution in [3.8, 4) is 22.3 Å². The summed E-state index contributed by atoms with van der Waals surface area (Å²) in [6.45, 7) is 4.09. The van der Waals surface area contributed by atoms with Crippen LogP contribution >= 0.6 is 0 Å². The number of anilines is 1. The van der Waals surface area contributed by atoms with E-state index in [0.29, 0.717) is 5.56 Å². The van der Waals surface area contributed by atoms with Crippen LogP contribution in [-0.2, 0) is 0 Å². The molecule has 3 heterocycles. The molecule has 8 nitrogen and oxygen atoms in total. The Morgan fingerprint density at radius 2 is 1.66 bits per heavy atom. The summed E-state index contributed by atoms with van der Waals surface area (Å²) < 4.78 is 1.82. The highest BCUT2D eigenvalue weighted by atomic mass is 16.4. The fourth-order valence-electron chi connectivity index (χ4n) is 4.81. The van der Waals surface area contributed by atoms with E-state index >= 15 is 0 Å². The minimum absolute atomic E-state index is 0.0818. The highest BCUT2D eigenvalue weighted by Crippen LogP contribution is 2.33. The molecule has 8 heteroatoms. The van der Waals surface area contributed by atoms with Gasteiger partial charge in [-0.05, 0) is 40.1 Å². The van der Waals surface area contributed by atoms with Gasteiger partial charge in [0.1, 0.15) is 0 Å². The van der Waals surface area contributed by atoms with Gasteiger partial charge in [-0.2, -0.15) is 5.10 Å². The van der Waals surface area contributed by atoms with Crippen LogP contribution in [0.4, 0.5) is 5.69 Å². The highest BCUT2D eigenvalue weighted by Gasteiger charge is 2.15. The Kier molecular flexibility index (Phi) is 5.27. The molecule has 3 aromatic carbocycles. The molecule has 35 heavy (non-hydrogen) atoms. The van der Waals surface area contributed by atoms with E-state index in [0.717, 1.165) is 64.9 Å². The smallest absolute Gasteiger partial charge is 0.170 e. The van der Waals surface area contributed by atoms with Gasteiger partial charge in [-0.1, -0.05) is 47.6 Å². The summed E-state index contributed by atoms with van der Waals surface area (Å²) in [5.41, 5.74) is 12.6. The van der Waals surface area contributed by atoms with Crippen molar-refractivity contribution in [1.29, 1.82) is 0 Å². The standard InChI is InChI=1S/C27H25N7O/c28-26(32-35)24-10-9-23(21-3-1-2-4-22(21)24)25-16-31-34-17-19(15-30-27(25)34)18-5-7-20(8-6-18)33-13-11-29-12-14-33/h1-10,15-17,29,35H,11-14H2,(H2,28,32). The topological polar surface area (TPSA) is 104 Å². The molecule has 1 aliphatic rings. The number of rotatable bonds is 4. The van der Waals surface area contributed by atoms with E-state index in [2.05, 4.69) is 44.7 Å². The van der Waals surface area contributed by atoms with Crippen molar-refractivity contribution in [2.75, 3.05) is 31.1 Å². The summed E-state index contributed by atoms with van der Waals surface area (Å²) in [6, 6.07) is 20.4. The van der Waals surface area contributed by atoms with Crippen LogP contribution in [0.2, 0.25) is 0 Å². The van der Waals surface area contributed by atoms with Crippen LogP contribution in [0.3, 0.4) is 0 Å². The van der Waals surface area contributed by atoms with Crippen LogP contribution in [0, 0.1) is 0 Å². The quantitative estimate of drug-likeness (QED) is 0.162. The zero-order valence-electron chi connectivity index (χ0n) is 19.1. The molecule has 0 bridgehead atoms. The van der Waals surface area contributed by atoms with E-state index in [1.807, 2.05) is 59.5 Å². The lowest BCUT2D eigenvalue weighted by molar-refractivity contribution is 0.318. The number of amidine groups is 1. The molecule has 1 aliphatic heterocycles. The van der Waals surface area contributed by atoms with Crippen molar-refractivity contribution in [2.45, 2.75) is 0 Å². The molecule has 5 aromatic rings. The number of piperazine rings is 1. The van der Waals surface area contributed by atoms with Gasteiger partial charge in [-0.15, -0.1) is 0 Å². The maximum atomic E-state index is 9.18. The maximum absolute atomic E-state index is 9.18. The molecule has 0 aliphatic carbocycles. The second-order valence-corrected chi connectivity index (χ2v) is 8.64. The third kappa shape index (κ3) is 3.74. The highest BCUT2D eigenvalue weighted by molar-refractivity contribution is 6.12. The fourth-order valence-corrected chi connectivity index (χ4v) is 4.81. The maximum Gasteiger partial charge on any atom is 0.170 e. The third-order valence-corrected chi connectivity index (χ3v) is 6.64. The van der Waals surface area contributed by atoms with Crippen molar-refractivity contribution in [2.24, 2.45) is 10.9 Å².